The molecule has 1 atom stereocenters. The van der Waals surface area contributed by atoms with Crippen LogP contribution < -0.4 is 0 Å². The number of rotatable bonds is 2. The van der Waals surface area contributed by atoms with E-state index in [1.165, 1.54) is 5.57 Å². The fraction of sp³-hybridized carbons (Fsp3) is 0.636. The molecule has 13 heavy (non-hydrogen) atoms. The number of allylic oxidation sites excluding steroid dienone is 2. The molecule has 1 aliphatic carbocycles. The molecule has 1 N–H and O–H groups in total. The van der Waals surface area contributed by atoms with Crippen molar-refractivity contribution in [2.24, 2.45) is 0 Å². The fourth-order valence-corrected chi connectivity index (χ4v) is 2.14. The van der Waals surface area contributed by atoms with Crippen LogP contribution in [0.5, 0.6) is 0 Å². The Morgan fingerprint density at radius 1 is 1.46 bits per heavy atom. The first-order valence-electron chi connectivity index (χ1n) is 5.05. The van der Waals surface area contributed by atoms with Gasteiger partial charge in [0.1, 0.15) is 0 Å². The lowest BCUT2D eigenvalue weighted by Gasteiger charge is -2.15. The minimum atomic E-state index is -1.07. The standard InChI is InChI=1S/C11H20OSi/c1-13(2,3)8-7-10-5-4-6-11(12)9-10/h7-9,11-12H,4-6H2,1-3H3/b8-7+. The van der Waals surface area contributed by atoms with Gasteiger partial charge in [-0.3, -0.25) is 0 Å². The maximum absolute atomic E-state index is 9.41. The minimum absolute atomic E-state index is 0.199. The molecule has 0 heterocycles. The van der Waals surface area contributed by atoms with Crippen LogP contribution in [0.15, 0.2) is 23.4 Å². The first kappa shape index (κ1) is 10.7. The summed E-state index contributed by atoms with van der Waals surface area (Å²) in [5.41, 5.74) is 3.66. The molecule has 0 radical (unpaired) electrons. The maximum atomic E-state index is 9.41. The van der Waals surface area contributed by atoms with Crippen molar-refractivity contribution in [1.29, 1.82) is 0 Å². The molecular weight excluding hydrogens is 176 g/mol. The SMILES string of the molecule is C[Si](C)(C)/C=C/C1=CC(O)CCC1. The van der Waals surface area contributed by atoms with Crippen LogP contribution in [-0.4, -0.2) is 19.3 Å². The summed E-state index contributed by atoms with van der Waals surface area (Å²) in [4.78, 5) is 0. The summed E-state index contributed by atoms with van der Waals surface area (Å²) in [6.07, 6.45) is 7.22. The predicted molar refractivity (Wildman–Crippen MR) is 60.4 cm³/mol. The average Bonchev–Trinajstić information content (AvgIpc) is 2.00. The second-order valence-electron chi connectivity index (χ2n) is 4.90. The van der Waals surface area contributed by atoms with Gasteiger partial charge in [0.25, 0.3) is 0 Å². The molecule has 1 nitrogen and oxygen atoms in total. The third kappa shape index (κ3) is 4.43. The molecule has 0 bridgehead atoms. The van der Waals surface area contributed by atoms with Gasteiger partial charge in [0.05, 0.1) is 14.2 Å². The molecule has 0 amide bonds. The van der Waals surface area contributed by atoms with Crippen LogP contribution in [0.1, 0.15) is 19.3 Å². The number of aliphatic hydroxyl groups excluding tert-OH is 1. The molecule has 0 fully saturated rings. The highest BCUT2D eigenvalue weighted by Crippen LogP contribution is 2.19. The van der Waals surface area contributed by atoms with Gasteiger partial charge in [-0.05, 0) is 19.3 Å². The van der Waals surface area contributed by atoms with Crippen molar-refractivity contribution >= 4 is 8.07 Å². The Bertz CT molecular complexity index is 223. The third-order valence-corrected chi connectivity index (χ3v) is 3.34. The van der Waals surface area contributed by atoms with Gasteiger partial charge in [-0.2, -0.15) is 0 Å². The van der Waals surface area contributed by atoms with E-state index in [4.69, 9.17) is 0 Å². The molecule has 0 aromatic rings. The average molecular weight is 196 g/mol. The maximum Gasteiger partial charge on any atom is 0.0726 e. The summed E-state index contributed by atoms with van der Waals surface area (Å²) in [6.45, 7) is 6.97. The highest BCUT2D eigenvalue weighted by Gasteiger charge is 2.11. The van der Waals surface area contributed by atoms with Crippen LogP contribution in [0.3, 0.4) is 0 Å². The third-order valence-electron chi connectivity index (χ3n) is 2.17. The van der Waals surface area contributed by atoms with Gasteiger partial charge >= 0.3 is 0 Å². The van der Waals surface area contributed by atoms with Gasteiger partial charge < -0.3 is 5.11 Å². The summed E-state index contributed by atoms with van der Waals surface area (Å²) < 4.78 is 0. The predicted octanol–water partition coefficient (Wildman–Crippen LogP) is 2.89. The van der Waals surface area contributed by atoms with E-state index in [1.807, 2.05) is 6.08 Å². The summed E-state index contributed by atoms with van der Waals surface area (Å²) in [5.74, 6) is 0. The molecule has 0 aromatic carbocycles. The highest BCUT2D eigenvalue weighted by molar-refractivity contribution is 6.81. The van der Waals surface area contributed by atoms with Crippen molar-refractivity contribution in [1.82, 2.24) is 0 Å². The number of hydrogen-bond acceptors (Lipinski definition) is 1. The zero-order chi connectivity index (χ0) is 9.90. The first-order chi connectivity index (χ1) is 5.97. The molecule has 2 heteroatoms. The Morgan fingerprint density at radius 3 is 2.69 bits per heavy atom. The van der Waals surface area contributed by atoms with E-state index < -0.39 is 8.07 Å². The molecule has 0 saturated carbocycles. The fourth-order valence-electron chi connectivity index (χ4n) is 1.43. The molecule has 0 spiro atoms. The van der Waals surface area contributed by atoms with E-state index in [-0.39, 0.29) is 6.10 Å². The van der Waals surface area contributed by atoms with Crippen LogP contribution in [0.2, 0.25) is 19.6 Å². The van der Waals surface area contributed by atoms with E-state index in [1.54, 1.807) is 0 Å². The number of hydrogen-bond donors (Lipinski definition) is 1. The van der Waals surface area contributed by atoms with E-state index >= 15 is 0 Å². The van der Waals surface area contributed by atoms with Crippen LogP contribution in [-0.2, 0) is 0 Å². The molecule has 1 unspecified atom stereocenters. The minimum Gasteiger partial charge on any atom is -0.389 e. The van der Waals surface area contributed by atoms with Crippen molar-refractivity contribution in [3.63, 3.8) is 0 Å². The van der Waals surface area contributed by atoms with Crippen molar-refractivity contribution in [3.05, 3.63) is 23.4 Å². The molecule has 0 aliphatic heterocycles. The van der Waals surface area contributed by atoms with Gasteiger partial charge in [0.2, 0.25) is 0 Å². The monoisotopic (exact) mass is 196 g/mol. The van der Waals surface area contributed by atoms with E-state index in [9.17, 15) is 5.11 Å². The van der Waals surface area contributed by atoms with Gasteiger partial charge in [-0.1, -0.05) is 43.1 Å². The zero-order valence-corrected chi connectivity index (χ0v) is 9.88. The second kappa shape index (κ2) is 4.25. The van der Waals surface area contributed by atoms with Crippen LogP contribution in [0, 0.1) is 0 Å². The Kier molecular flexibility index (Phi) is 3.51. The normalized spacial score (nSPS) is 24.9. The van der Waals surface area contributed by atoms with E-state index in [0.717, 1.165) is 19.3 Å². The molecule has 0 aromatic heterocycles. The largest absolute Gasteiger partial charge is 0.389 e. The summed E-state index contributed by atoms with van der Waals surface area (Å²) in [5, 5.41) is 9.41. The van der Waals surface area contributed by atoms with Crippen LogP contribution >= 0.6 is 0 Å². The van der Waals surface area contributed by atoms with Crippen LogP contribution in [0.4, 0.5) is 0 Å². The lowest BCUT2D eigenvalue weighted by atomic mass is 9.98. The number of aliphatic hydroxyl groups is 1. The van der Waals surface area contributed by atoms with Crippen molar-refractivity contribution < 1.29 is 5.11 Å². The Labute approximate surface area is 82.2 Å². The highest BCUT2D eigenvalue weighted by atomic mass is 28.3. The Balaban J connectivity index is 2.58. The second-order valence-corrected chi connectivity index (χ2v) is 9.97. The summed E-state index contributed by atoms with van der Waals surface area (Å²) >= 11 is 0. The molecule has 1 aliphatic rings. The first-order valence-corrected chi connectivity index (χ1v) is 8.63. The Hall–Kier alpha value is -0.343. The van der Waals surface area contributed by atoms with Gasteiger partial charge in [-0.15, -0.1) is 0 Å². The quantitative estimate of drug-likeness (QED) is 0.673. The van der Waals surface area contributed by atoms with Crippen molar-refractivity contribution in [3.8, 4) is 0 Å². The van der Waals surface area contributed by atoms with Crippen LogP contribution in [0.25, 0.3) is 0 Å². The molecule has 74 valence electrons. The molecule has 0 saturated heterocycles. The topological polar surface area (TPSA) is 20.2 Å². The molecule has 1 rings (SSSR count). The lowest BCUT2D eigenvalue weighted by molar-refractivity contribution is 0.203. The van der Waals surface area contributed by atoms with Crippen molar-refractivity contribution in [2.45, 2.75) is 45.0 Å². The van der Waals surface area contributed by atoms with E-state index in [2.05, 4.69) is 31.4 Å². The van der Waals surface area contributed by atoms with Gasteiger partial charge in [-0.25, -0.2) is 0 Å². The molecular formula is C11H20OSi. The lowest BCUT2D eigenvalue weighted by Crippen LogP contribution is -2.16. The summed E-state index contributed by atoms with van der Waals surface area (Å²) in [7, 11) is -1.07. The zero-order valence-electron chi connectivity index (χ0n) is 8.88. The smallest absolute Gasteiger partial charge is 0.0726 e. The van der Waals surface area contributed by atoms with Gasteiger partial charge in [0.15, 0.2) is 0 Å². The van der Waals surface area contributed by atoms with E-state index in [0.29, 0.717) is 0 Å². The van der Waals surface area contributed by atoms with Crippen molar-refractivity contribution in [2.75, 3.05) is 0 Å². The van der Waals surface area contributed by atoms with Gasteiger partial charge in [0, 0.05) is 0 Å². The summed E-state index contributed by atoms with van der Waals surface area (Å²) in [6, 6.07) is 0. The Morgan fingerprint density at radius 2 is 2.15 bits per heavy atom.